The Bertz CT molecular complexity index is 715. The minimum absolute atomic E-state index is 0.0516. The summed E-state index contributed by atoms with van der Waals surface area (Å²) in [6.45, 7) is 3.12. The van der Waals surface area contributed by atoms with E-state index in [1.54, 1.807) is 32.0 Å². The fourth-order valence-electron chi connectivity index (χ4n) is 2.06. The first-order valence-corrected chi connectivity index (χ1v) is 7.77. The van der Waals surface area contributed by atoms with Gasteiger partial charge in [-0.3, -0.25) is 19.3 Å². The van der Waals surface area contributed by atoms with Crippen LogP contribution in [-0.4, -0.2) is 40.9 Å². The summed E-state index contributed by atoms with van der Waals surface area (Å²) in [5.74, 6) is -1.46. The van der Waals surface area contributed by atoms with E-state index in [2.05, 4.69) is 10.6 Å². The van der Waals surface area contributed by atoms with Gasteiger partial charge in [-0.1, -0.05) is 25.4 Å². The molecule has 0 atom stereocenters. The molecule has 7 nitrogen and oxygen atoms in total. The van der Waals surface area contributed by atoms with E-state index in [4.69, 9.17) is 16.7 Å². The van der Waals surface area contributed by atoms with Gasteiger partial charge in [-0.25, -0.2) is 0 Å². The molecule has 0 saturated heterocycles. The van der Waals surface area contributed by atoms with E-state index in [1.165, 1.54) is 0 Å². The highest BCUT2D eigenvalue weighted by atomic mass is 35.5. The molecule has 0 radical (unpaired) electrons. The number of β-amino-alcohol motifs (C(OH)–C–C–N with tert-alkyl or cyclic N) is 1. The summed E-state index contributed by atoms with van der Waals surface area (Å²) < 4.78 is 0. The molecule has 0 saturated carbocycles. The van der Waals surface area contributed by atoms with Crippen molar-refractivity contribution in [2.45, 2.75) is 13.8 Å². The number of nitrogens with zero attached hydrogens (tertiary/aromatic N) is 1. The quantitative estimate of drug-likeness (QED) is 0.676. The molecule has 0 spiro atoms. The van der Waals surface area contributed by atoms with E-state index in [1.807, 2.05) is 0 Å². The molecule has 3 amide bonds. The summed E-state index contributed by atoms with van der Waals surface area (Å²) in [6.07, 6.45) is 1.15. The van der Waals surface area contributed by atoms with E-state index >= 15 is 0 Å². The van der Waals surface area contributed by atoms with Crippen LogP contribution in [0.25, 0.3) is 0 Å². The number of aliphatic hydroxyl groups excluding tert-OH is 1. The number of carbonyl (C=O) groups is 3. The van der Waals surface area contributed by atoms with E-state index in [0.717, 1.165) is 11.0 Å². The average Bonchev–Trinajstić information content (AvgIpc) is 2.77. The van der Waals surface area contributed by atoms with Crippen LogP contribution in [0.4, 0.5) is 11.4 Å². The second-order valence-corrected chi connectivity index (χ2v) is 5.97. The number of carbonyl (C=O) groups excluding carboxylic acids is 3. The van der Waals surface area contributed by atoms with Gasteiger partial charge in [-0.2, -0.15) is 0 Å². The number of benzene rings is 1. The molecule has 1 aromatic rings. The second-order valence-electron chi connectivity index (χ2n) is 5.54. The zero-order valence-electron chi connectivity index (χ0n) is 13.3. The van der Waals surface area contributed by atoms with Crippen molar-refractivity contribution in [2.75, 3.05) is 23.8 Å². The molecule has 1 aliphatic heterocycles. The summed E-state index contributed by atoms with van der Waals surface area (Å²) in [4.78, 5) is 36.8. The van der Waals surface area contributed by atoms with Crippen molar-refractivity contribution in [3.8, 4) is 0 Å². The molecular formula is C16H18ClN3O4. The maximum absolute atomic E-state index is 12.2. The molecule has 24 heavy (non-hydrogen) atoms. The Balaban J connectivity index is 2.25. The van der Waals surface area contributed by atoms with E-state index in [-0.39, 0.29) is 30.7 Å². The standard InChI is InChI=1S/C16H18ClN3O4/c1-9(2)15(23)19-11-4-3-10(17)7-12(11)18-13-8-14(22)20(5-6-21)16(13)24/h3-4,7-9,18,21H,5-6H2,1-2H3,(H,19,23). The van der Waals surface area contributed by atoms with Crippen LogP contribution in [0.2, 0.25) is 5.02 Å². The minimum atomic E-state index is -0.546. The summed E-state index contributed by atoms with van der Waals surface area (Å²) >= 11 is 5.98. The maximum atomic E-state index is 12.2. The molecule has 0 unspecified atom stereocenters. The van der Waals surface area contributed by atoms with Gasteiger partial charge in [0.1, 0.15) is 5.70 Å². The third-order valence-electron chi connectivity index (χ3n) is 3.37. The first-order valence-electron chi connectivity index (χ1n) is 7.39. The number of anilines is 2. The van der Waals surface area contributed by atoms with Crippen LogP contribution in [0.15, 0.2) is 30.0 Å². The highest BCUT2D eigenvalue weighted by Gasteiger charge is 2.31. The van der Waals surface area contributed by atoms with Gasteiger partial charge in [0, 0.05) is 17.0 Å². The van der Waals surface area contributed by atoms with Crippen molar-refractivity contribution >= 4 is 40.7 Å². The number of rotatable bonds is 6. The SMILES string of the molecule is CC(C)C(=O)Nc1ccc(Cl)cc1NC1=CC(=O)N(CCO)C1=O. The van der Waals surface area contributed by atoms with Crippen molar-refractivity contribution in [2.24, 2.45) is 5.92 Å². The fraction of sp³-hybridized carbons (Fsp3) is 0.312. The van der Waals surface area contributed by atoms with Crippen LogP contribution in [-0.2, 0) is 14.4 Å². The lowest BCUT2D eigenvalue weighted by molar-refractivity contribution is -0.137. The van der Waals surface area contributed by atoms with Crippen LogP contribution in [0.3, 0.4) is 0 Å². The molecule has 3 N–H and O–H groups in total. The summed E-state index contributed by atoms with van der Waals surface area (Å²) in [5, 5.41) is 14.9. The zero-order chi connectivity index (χ0) is 17.9. The van der Waals surface area contributed by atoms with Crippen molar-refractivity contribution in [1.82, 2.24) is 4.90 Å². The Kier molecular flexibility index (Phi) is 5.58. The van der Waals surface area contributed by atoms with Gasteiger partial charge in [-0.15, -0.1) is 0 Å². The molecule has 1 aromatic carbocycles. The Morgan fingerprint density at radius 2 is 2.00 bits per heavy atom. The third kappa shape index (κ3) is 3.93. The Labute approximate surface area is 144 Å². The molecule has 1 aliphatic rings. The third-order valence-corrected chi connectivity index (χ3v) is 3.60. The van der Waals surface area contributed by atoms with Crippen molar-refractivity contribution in [3.05, 3.63) is 35.0 Å². The monoisotopic (exact) mass is 351 g/mol. The lowest BCUT2D eigenvalue weighted by Crippen LogP contribution is -2.34. The van der Waals surface area contributed by atoms with Crippen LogP contribution < -0.4 is 10.6 Å². The molecule has 8 heteroatoms. The Morgan fingerprint density at radius 3 is 2.62 bits per heavy atom. The van der Waals surface area contributed by atoms with E-state index in [0.29, 0.717) is 16.4 Å². The molecule has 1 heterocycles. The highest BCUT2D eigenvalue weighted by molar-refractivity contribution is 6.31. The van der Waals surface area contributed by atoms with Gasteiger partial charge < -0.3 is 15.7 Å². The maximum Gasteiger partial charge on any atom is 0.277 e. The summed E-state index contributed by atoms with van der Waals surface area (Å²) in [6, 6.07) is 4.76. The van der Waals surface area contributed by atoms with E-state index < -0.39 is 11.8 Å². The molecular weight excluding hydrogens is 334 g/mol. The van der Waals surface area contributed by atoms with Crippen LogP contribution in [0.1, 0.15) is 13.8 Å². The number of nitrogens with one attached hydrogen (secondary N) is 2. The Hall–Kier alpha value is -2.38. The predicted molar refractivity (Wildman–Crippen MR) is 90.4 cm³/mol. The number of imide groups is 1. The van der Waals surface area contributed by atoms with Crippen LogP contribution >= 0.6 is 11.6 Å². The molecule has 128 valence electrons. The smallest absolute Gasteiger partial charge is 0.277 e. The molecule has 0 fully saturated rings. The number of amides is 3. The van der Waals surface area contributed by atoms with Gasteiger partial charge >= 0.3 is 0 Å². The molecule has 0 bridgehead atoms. The lowest BCUT2D eigenvalue weighted by Gasteiger charge is -2.16. The zero-order valence-corrected chi connectivity index (χ0v) is 14.1. The lowest BCUT2D eigenvalue weighted by atomic mass is 10.2. The van der Waals surface area contributed by atoms with Gasteiger partial charge in [0.05, 0.1) is 24.5 Å². The van der Waals surface area contributed by atoms with Gasteiger partial charge in [-0.05, 0) is 18.2 Å². The fourth-order valence-corrected chi connectivity index (χ4v) is 2.23. The summed E-state index contributed by atoms with van der Waals surface area (Å²) in [7, 11) is 0. The Morgan fingerprint density at radius 1 is 1.29 bits per heavy atom. The topological polar surface area (TPSA) is 98.7 Å². The van der Waals surface area contributed by atoms with Crippen molar-refractivity contribution in [1.29, 1.82) is 0 Å². The second kappa shape index (κ2) is 7.46. The number of hydrogen-bond donors (Lipinski definition) is 3. The van der Waals surface area contributed by atoms with Gasteiger partial charge in [0.2, 0.25) is 5.91 Å². The van der Waals surface area contributed by atoms with Crippen molar-refractivity contribution in [3.63, 3.8) is 0 Å². The summed E-state index contributed by atoms with van der Waals surface area (Å²) in [5.41, 5.74) is 0.894. The normalized spacial score (nSPS) is 14.2. The van der Waals surface area contributed by atoms with Crippen LogP contribution in [0.5, 0.6) is 0 Å². The number of hydrogen-bond acceptors (Lipinski definition) is 5. The molecule has 0 aromatic heterocycles. The first kappa shape index (κ1) is 18.0. The number of halogens is 1. The van der Waals surface area contributed by atoms with E-state index in [9.17, 15) is 14.4 Å². The van der Waals surface area contributed by atoms with Crippen LogP contribution in [0, 0.1) is 5.92 Å². The molecule has 2 rings (SSSR count). The number of aliphatic hydroxyl groups is 1. The average molecular weight is 352 g/mol. The van der Waals surface area contributed by atoms with Crippen molar-refractivity contribution < 1.29 is 19.5 Å². The van der Waals surface area contributed by atoms with Gasteiger partial charge in [0.15, 0.2) is 0 Å². The first-order chi connectivity index (χ1) is 11.3. The predicted octanol–water partition coefficient (Wildman–Crippen LogP) is 1.59. The highest BCUT2D eigenvalue weighted by Crippen LogP contribution is 2.28. The van der Waals surface area contributed by atoms with Gasteiger partial charge in [0.25, 0.3) is 11.8 Å². The molecule has 0 aliphatic carbocycles. The minimum Gasteiger partial charge on any atom is -0.395 e. The largest absolute Gasteiger partial charge is 0.395 e.